The first-order valence-electron chi connectivity index (χ1n) is 11.1. The molecule has 0 N–H and O–H groups in total. The van der Waals surface area contributed by atoms with Crippen LogP contribution in [0.4, 0.5) is 20.4 Å². The lowest BCUT2D eigenvalue weighted by Crippen LogP contribution is -2.40. The fraction of sp³-hybridized carbons (Fsp3) is 0.739. The van der Waals surface area contributed by atoms with E-state index in [-0.39, 0.29) is 24.3 Å². The van der Waals surface area contributed by atoms with Crippen molar-refractivity contribution < 1.29 is 20.4 Å². The minimum Gasteiger partial charge on any atom is -0.244 e. The van der Waals surface area contributed by atoms with Crippen molar-refractivity contribution in [1.82, 2.24) is 0 Å². The highest BCUT2D eigenvalue weighted by Crippen LogP contribution is 2.61. The van der Waals surface area contributed by atoms with E-state index in [1.807, 2.05) is 0 Å². The second-order valence-corrected chi connectivity index (χ2v) is 10.4. The Morgan fingerprint density at radius 1 is 0.931 bits per heavy atom. The van der Waals surface area contributed by atoms with E-state index in [0.29, 0.717) is 12.3 Å². The van der Waals surface area contributed by atoms with Crippen LogP contribution in [0.1, 0.15) is 83.1 Å². The standard InChI is InChI=1S/C23H33F5S/c1-2-3-4-5-17-6-8-18(9-7-17)19-14-15-23(25,22(24)16-19)20-10-12-21(13-11-20)29(26,27)28/h10-13,17-19,22H,2-9,14-16H2,1H3/t17-,18-,19?,22?,23?. The van der Waals surface area contributed by atoms with E-state index in [4.69, 9.17) is 0 Å². The molecule has 0 amide bonds. The zero-order valence-corrected chi connectivity index (χ0v) is 18.0. The highest BCUT2D eigenvalue weighted by molar-refractivity contribution is 8.20. The number of hydrogen-bond acceptors (Lipinski definition) is 0. The zero-order chi connectivity index (χ0) is 21.1. The summed E-state index contributed by atoms with van der Waals surface area (Å²) in [5.74, 6) is 1.46. The molecule has 0 heterocycles. The molecule has 6 heteroatoms. The lowest BCUT2D eigenvalue weighted by molar-refractivity contribution is -0.0274. The van der Waals surface area contributed by atoms with Crippen molar-refractivity contribution in [2.24, 2.45) is 17.8 Å². The summed E-state index contributed by atoms with van der Waals surface area (Å²) in [7, 11) is 0. The molecule has 2 saturated carbocycles. The van der Waals surface area contributed by atoms with E-state index >= 15 is 4.39 Å². The van der Waals surface area contributed by atoms with Crippen LogP contribution in [0.5, 0.6) is 0 Å². The Morgan fingerprint density at radius 3 is 2.14 bits per heavy atom. The topological polar surface area (TPSA) is 0 Å². The minimum atomic E-state index is -5.34. The van der Waals surface area contributed by atoms with Gasteiger partial charge in [-0.25, -0.2) is 8.78 Å². The largest absolute Gasteiger partial charge is 0.244 e. The maximum Gasteiger partial charge on any atom is 0.237 e. The Hall–Kier alpha value is -0.780. The Bertz CT molecular complexity index is 636. The summed E-state index contributed by atoms with van der Waals surface area (Å²) >= 11 is -5.34. The van der Waals surface area contributed by atoms with Crippen LogP contribution < -0.4 is 0 Å². The van der Waals surface area contributed by atoms with E-state index in [1.54, 1.807) is 0 Å². The number of hydrogen-bond donors (Lipinski definition) is 0. The summed E-state index contributed by atoms with van der Waals surface area (Å²) in [4.78, 5) is -0.746. The maximum atomic E-state index is 15.5. The van der Waals surface area contributed by atoms with E-state index in [9.17, 15) is 16.0 Å². The average molecular weight is 437 g/mol. The van der Waals surface area contributed by atoms with Gasteiger partial charge in [0.15, 0.2) is 5.67 Å². The van der Waals surface area contributed by atoms with Crippen molar-refractivity contribution >= 4 is 11.2 Å². The van der Waals surface area contributed by atoms with Gasteiger partial charge in [-0.3, -0.25) is 0 Å². The van der Waals surface area contributed by atoms with E-state index in [0.717, 1.165) is 43.0 Å². The Kier molecular flexibility index (Phi) is 7.56. The zero-order valence-electron chi connectivity index (χ0n) is 17.2. The molecular formula is C23H33F5S. The molecule has 1 aromatic carbocycles. The summed E-state index contributed by atoms with van der Waals surface area (Å²) < 4.78 is 68.9. The fourth-order valence-corrected chi connectivity index (χ4v) is 5.84. The first kappa shape index (κ1) is 22.9. The number of halogens is 5. The Labute approximate surface area is 173 Å². The third-order valence-corrected chi connectivity index (χ3v) is 8.07. The summed E-state index contributed by atoms with van der Waals surface area (Å²) in [6.07, 6.45) is 8.95. The number of alkyl halides is 2. The Balaban J connectivity index is 1.55. The molecule has 0 nitrogen and oxygen atoms in total. The first-order chi connectivity index (χ1) is 13.7. The molecule has 3 atom stereocenters. The van der Waals surface area contributed by atoms with Gasteiger partial charge >= 0.3 is 0 Å². The van der Waals surface area contributed by atoms with Crippen LogP contribution >= 0.6 is 11.2 Å². The summed E-state index contributed by atoms with van der Waals surface area (Å²) in [6, 6.07) is 4.05. The quantitative estimate of drug-likeness (QED) is 0.295. The monoisotopic (exact) mass is 436 g/mol. The molecule has 0 radical (unpaired) electrons. The van der Waals surface area contributed by atoms with E-state index in [1.165, 1.54) is 38.5 Å². The molecule has 0 saturated heterocycles. The molecule has 0 aromatic heterocycles. The molecule has 2 aliphatic rings. The lowest BCUT2D eigenvalue weighted by Gasteiger charge is -2.42. The van der Waals surface area contributed by atoms with Gasteiger partial charge in [-0.2, -0.15) is 0 Å². The molecule has 0 spiro atoms. The number of rotatable bonds is 7. The Morgan fingerprint density at radius 2 is 1.59 bits per heavy atom. The van der Waals surface area contributed by atoms with Crippen LogP contribution in [-0.2, 0) is 5.67 Å². The smallest absolute Gasteiger partial charge is 0.237 e. The van der Waals surface area contributed by atoms with Crippen LogP contribution in [0.15, 0.2) is 29.2 Å². The molecule has 2 aliphatic carbocycles. The lowest BCUT2D eigenvalue weighted by atomic mass is 9.66. The van der Waals surface area contributed by atoms with Crippen LogP contribution in [0.2, 0.25) is 0 Å². The van der Waals surface area contributed by atoms with Gasteiger partial charge < -0.3 is 0 Å². The predicted octanol–water partition coefficient (Wildman–Crippen LogP) is 9.19. The maximum absolute atomic E-state index is 15.5. The van der Waals surface area contributed by atoms with Gasteiger partial charge in [-0.05, 0) is 67.6 Å². The fourth-order valence-electron chi connectivity index (χ4n) is 5.39. The third-order valence-electron chi connectivity index (χ3n) is 7.26. The number of unbranched alkanes of at least 4 members (excludes halogenated alkanes) is 2. The van der Waals surface area contributed by atoms with Gasteiger partial charge in [0.25, 0.3) is 0 Å². The average Bonchev–Trinajstić information content (AvgIpc) is 2.70. The molecule has 29 heavy (non-hydrogen) atoms. The third kappa shape index (κ3) is 5.48. The molecule has 0 aliphatic heterocycles. The first-order valence-corrected chi connectivity index (χ1v) is 12.4. The van der Waals surface area contributed by atoms with Crippen molar-refractivity contribution in [3.63, 3.8) is 0 Å². The van der Waals surface area contributed by atoms with Crippen LogP contribution in [-0.4, -0.2) is 6.17 Å². The van der Waals surface area contributed by atoms with Crippen molar-refractivity contribution in [1.29, 1.82) is 0 Å². The summed E-state index contributed by atoms with van der Waals surface area (Å²) in [5.41, 5.74) is -2.11. The van der Waals surface area contributed by atoms with Crippen molar-refractivity contribution in [2.75, 3.05) is 0 Å². The molecule has 1 aromatic rings. The highest BCUT2D eigenvalue weighted by atomic mass is 32.3. The van der Waals surface area contributed by atoms with Gasteiger partial charge in [-0.15, -0.1) is 11.7 Å². The molecule has 3 unspecified atom stereocenters. The van der Waals surface area contributed by atoms with E-state index < -0.39 is 27.9 Å². The molecule has 2 fully saturated rings. The normalized spacial score (nSPS) is 34.1. The van der Waals surface area contributed by atoms with Gasteiger partial charge in [0.2, 0.25) is 11.2 Å². The molecule has 0 bridgehead atoms. The van der Waals surface area contributed by atoms with Gasteiger partial charge in [-0.1, -0.05) is 57.6 Å². The van der Waals surface area contributed by atoms with Gasteiger partial charge in [0.05, 0.1) is 4.90 Å². The number of benzene rings is 1. The second kappa shape index (κ2) is 9.57. The summed E-state index contributed by atoms with van der Waals surface area (Å²) in [6.45, 7) is 2.21. The van der Waals surface area contributed by atoms with Crippen LogP contribution in [0, 0.1) is 17.8 Å². The van der Waals surface area contributed by atoms with Crippen LogP contribution in [0.25, 0.3) is 0 Å². The second-order valence-electron chi connectivity index (χ2n) is 9.07. The van der Waals surface area contributed by atoms with Crippen molar-refractivity contribution in [3.8, 4) is 0 Å². The SMILES string of the molecule is CCCCC[C@H]1CC[C@H](C2CCC(F)(c3ccc(S(F)(F)F)cc3)C(F)C2)CC1. The predicted molar refractivity (Wildman–Crippen MR) is 110 cm³/mol. The van der Waals surface area contributed by atoms with Crippen molar-refractivity contribution in [3.05, 3.63) is 29.8 Å². The van der Waals surface area contributed by atoms with E-state index in [2.05, 4.69) is 6.92 Å². The molecule has 3 rings (SSSR count). The minimum absolute atomic E-state index is 0.0514. The van der Waals surface area contributed by atoms with Gasteiger partial charge in [0, 0.05) is 0 Å². The van der Waals surface area contributed by atoms with Crippen LogP contribution in [0.3, 0.4) is 0 Å². The molecule has 166 valence electrons. The highest BCUT2D eigenvalue weighted by Gasteiger charge is 2.47. The molecular weight excluding hydrogens is 403 g/mol. The summed E-state index contributed by atoms with van der Waals surface area (Å²) in [5, 5.41) is 0. The van der Waals surface area contributed by atoms with Crippen molar-refractivity contribution in [2.45, 2.75) is 94.3 Å². The van der Waals surface area contributed by atoms with Gasteiger partial charge in [0.1, 0.15) is 6.17 Å².